The topological polar surface area (TPSA) is 289 Å². The summed E-state index contributed by atoms with van der Waals surface area (Å²) in [6.07, 6.45) is -2.67. The van der Waals surface area contributed by atoms with E-state index in [1.165, 1.54) is 30.7 Å². The highest BCUT2D eigenvalue weighted by Gasteiger charge is 2.73. The van der Waals surface area contributed by atoms with Crippen molar-refractivity contribution in [2.75, 3.05) is 31.8 Å². The lowest BCUT2D eigenvalue weighted by atomic mass is 10.0. The van der Waals surface area contributed by atoms with Gasteiger partial charge in [-0.3, -0.25) is 28.0 Å². The van der Waals surface area contributed by atoms with E-state index in [2.05, 4.69) is 29.9 Å². The number of ether oxygens (including phenoxy) is 2. The zero-order valence-electron chi connectivity index (χ0n) is 23.8. The minimum Gasteiger partial charge on any atom is -0.388 e. The largest absolute Gasteiger partial charge is 0.472 e. The van der Waals surface area contributed by atoms with Gasteiger partial charge in [-0.15, -0.1) is 0 Å². The number of nitrogens with one attached hydrogen (secondary N) is 1. The average molecular weight is 682 g/mol. The first-order valence-corrected chi connectivity index (χ1v) is 16.8. The van der Waals surface area contributed by atoms with Crippen LogP contribution in [0.4, 0.5) is 11.8 Å². The second-order valence-corrected chi connectivity index (χ2v) is 13.9. The van der Waals surface area contributed by atoms with Crippen LogP contribution in [-0.4, -0.2) is 99.9 Å². The van der Waals surface area contributed by atoms with Crippen LogP contribution in [0.2, 0.25) is 0 Å². The summed E-state index contributed by atoms with van der Waals surface area (Å²) in [5, 5.41) is 11.6. The van der Waals surface area contributed by atoms with Crippen LogP contribution >= 0.6 is 16.1 Å². The lowest BCUT2D eigenvalue weighted by Crippen LogP contribution is -2.40. The molecule has 4 aromatic rings. The maximum absolute atomic E-state index is 13.5. The first-order chi connectivity index (χ1) is 22.0. The molecule has 0 radical (unpaired) electrons. The van der Waals surface area contributed by atoms with Crippen molar-refractivity contribution in [3.63, 3.8) is 0 Å². The zero-order valence-corrected chi connectivity index (χ0v) is 25.7. The van der Waals surface area contributed by atoms with Crippen molar-refractivity contribution in [2.45, 2.75) is 48.7 Å². The molecule has 2 aliphatic carbocycles. The van der Waals surface area contributed by atoms with Gasteiger partial charge < -0.3 is 44.6 Å². The molecule has 3 unspecified atom stereocenters. The van der Waals surface area contributed by atoms with Crippen molar-refractivity contribution in [3.8, 4) is 0 Å². The Labute approximate surface area is 257 Å². The number of aliphatic hydroxyl groups is 1. The van der Waals surface area contributed by atoms with Gasteiger partial charge in [0.25, 0.3) is 5.56 Å². The third-order valence-electron chi connectivity index (χ3n) is 9.17. The molecular formula is C23H28N10O11P2. The number of imidazole rings is 2. The molecule has 246 valence electrons. The smallest absolute Gasteiger partial charge is 0.388 e. The third kappa shape index (κ3) is 4.46. The Bertz CT molecular complexity index is 1990. The number of phosphoric acid groups is 1. The number of fused-ring (bicyclic) bond motifs is 7. The molecule has 2 saturated carbocycles. The fourth-order valence-corrected chi connectivity index (χ4v) is 8.94. The van der Waals surface area contributed by atoms with E-state index in [0.717, 1.165) is 0 Å². The van der Waals surface area contributed by atoms with Crippen molar-refractivity contribution in [1.82, 2.24) is 39.0 Å². The number of nitrogens with two attached hydrogens (primary N) is 2. The molecule has 2 bridgehead atoms. The highest BCUT2D eigenvalue weighted by Crippen LogP contribution is 2.67. The molecule has 2 saturated heterocycles. The number of hydrogen-bond donors (Lipinski definition) is 5. The summed E-state index contributed by atoms with van der Waals surface area (Å²) in [5.41, 5.74) is 10.7. The Hall–Kier alpha value is -3.36. The van der Waals surface area contributed by atoms with Crippen LogP contribution in [0.1, 0.15) is 12.6 Å². The molecule has 7 N–H and O–H groups in total. The first kappa shape index (κ1) is 30.0. The lowest BCUT2D eigenvalue weighted by Gasteiger charge is -2.28. The van der Waals surface area contributed by atoms with Gasteiger partial charge in [-0.2, -0.15) is 4.98 Å². The van der Waals surface area contributed by atoms with Crippen molar-refractivity contribution < 1.29 is 46.7 Å². The number of nitrogen functional groups attached to an aromatic ring is 2. The summed E-state index contributed by atoms with van der Waals surface area (Å²) >= 11 is 0. The highest BCUT2D eigenvalue weighted by atomic mass is 31.2. The van der Waals surface area contributed by atoms with E-state index in [9.17, 15) is 23.9 Å². The van der Waals surface area contributed by atoms with E-state index in [0.29, 0.717) is 17.6 Å². The highest BCUT2D eigenvalue weighted by molar-refractivity contribution is 7.47. The fraction of sp³-hybridized carbons (Fsp3) is 0.565. The van der Waals surface area contributed by atoms with Crippen LogP contribution in [0.5, 0.6) is 0 Å². The second-order valence-electron chi connectivity index (χ2n) is 11.5. The van der Waals surface area contributed by atoms with Crippen molar-refractivity contribution in [2.24, 2.45) is 11.8 Å². The summed E-state index contributed by atoms with van der Waals surface area (Å²) in [7, 11) is -6.88. The molecule has 0 amide bonds. The van der Waals surface area contributed by atoms with Crippen LogP contribution in [0, 0.1) is 11.8 Å². The summed E-state index contributed by atoms with van der Waals surface area (Å²) in [6, 6.07) is 0. The third-order valence-corrected chi connectivity index (χ3v) is 11.0. The van der Waals surface area contributed by atoms with Gasteiger partial charge in [0, 0.05) is 13.0 Å². The van der Waals surface area contributed by atoms with Crippen molar-refractivity contribution >= 4 is 50.2 Å². The van der Waals surface area contributed by atoms with Gasteiger partial charge in [-0.1, -0.05) is 0 Å². The van der Waals surface area contributed by atoms with E-state index in [4.69, 9.17) is 39.0 Å². The SMILES string of the molecule is CO[C@H]1[C@H]2OP(=O)(O)OC[C@@H]3[C@@H](O[PH](=O)OC[C@H]1O[C@H]2n1cnc2c(=O)[nH]c(N)nc21)[C@@H](O)C1(n2cnc4c(N)ncnc42)C[C@@H]31. The molecule has 2 aliphatic heterocycles. The number of anilines is 2. The Morgan fingerprint density at radius 3 is 2.76 bits per heavy atom. The van der Waals surface area contributed by atoms with E-state index in [-0.39, 0.29) is 35.5 Å². The van der Waals surface area contributed by atoms with E-state index in [1.807, 2.05) is 0 Å². The number of H-pyrrole nitrogens is 1. The lowest BCUT2D eigenvalue weighted by molar-refractivity contribution is -0.0582. The maximum Gasteiger partial charge on any atom is 0.472 e. The number of aliphatic hydroxyl groups excluding tert-OH is 1. The van der Waals surface area contributed by atoms with Crippen LogP contribution in [0.25, 0.3) is 22.3 Å². The number of phosphoric ester groups is 1. The Morgan fingerprint density at radius 1 is 1.15 bits per heavy atom. The van der Waals surface area contributed by atoms with Gasteiger partial charge >= 0.3 is 16.1 Å². The van der Waals surface area contributed by atoms with Crippen LogP contribution in [-0.2, 0) is 42.2 Å². The molecule has 8 rings (SSSR count). The second kappa shape index (κ2) is 10.6. The zero-order chi connectivity index (χ0) is 32.1. The normalized spacial score (nSPS) is 39.4. The van der Waals surface area contributed by atoms with Gasteiger partial charge in [0.2, 0.25) is 5.95 Å². The van der Waals surface area contributed by atoms with E-state index in [1.54, 1.807) is 4.57 Å². The van der Waals surface area contributed by atoms with E-state index < -0.39 is 76.4 Å². The van der Waals surface area contributed by atoms with Crippen LogP contribution < -0.4 is 17.0 Å². The first-order valence-electron chi connectivity index (χ1n) is 14.0. The van der Waals surface area contributed by atoms with Gasteiger partial charge in [-0.05, 0) is 12.3 Å². The molecule has 6 heterocycles. The number of nitrogens with zero attached hydrogens (tertiary/aromatic N) is 7. The molecule has 23 heteroatoms. The Morgan fingerprint density at radius 2 is 1.96 bits per heavy atom. The monoisotopic (exact) mass is 682 g/mol. The predicted octanol–water partition coefficient (Wildman–Crippen LogP) is -0.950. The molecule has 46 heavy (non-hydrogen) atoms. The summed E-state index contributed by atoms with van der Waals surface area (Å²) in [4.78, 5) is 46.5. The molecule has 11 atom stereocenters. The molecule has 0 spiro atoms. The molecule has 4 fully saturated rings. The number of rotatable bonds is 3. The number of aromatic nitrogens is 8. The summed E-state index contributed by atoms with van der Waals surface area (Å²) in [6.45, 7) is -0.794. The van der Waals surface area contributed by atoms with Gasteiger partial charge in [0.1, 0.15) is 42.4 Å². The minimum absolute atomic E-state index is 0.00917. The van der Waals surface area contributed by atoms with Gasteiger partial charge in [-0.25, -0.2) is 24.5 Å². The average Bonchev–Trinajstić information content (AvgIpc) is 3.30. The molecule has 4 aromatic heterocycles. The molecule has 0 aromatic carbocycles. The standard InChI is InChI=1S/C23H28N10O11P2/c1-39-14-10-4-40-45(36)43-13-8(9-2-23(9,16(13)34)33-7-29-11-17(24)26-5-27-18(11)33)3-41-46(37,38)44-15(14)21(42-10)32-6-28-12-19(32)30-22(25)31-20(12)35/h5-10,13-16,21,34,45H,2-4H2,1H3,(H,37,38)(H2,24,26,27)(H3,25,30,31,35)/t8-,9-,10+,13+,14+,15+,16+,21+,23?/m0/s1. The van der Waals surface area contributed by atoms with Gasteiger partial charge in [0.05, 0.1) is 31.4 Å². The van der Waals surface area contributed by atoms with Gasteiger partial charge in [0.15, 0.2) is 28.9 Å². The minimum atomic E-state index is -4.90. The van der Waals surface area contributed by atoms with Crippen LogP contribution in [0.3, 0.4) is 0 Å². The Kier molecular flexibility index (Phi) is 6.90. The molecule has 4 aliphatic rings. The van der Waals surface area contributed by atoms with Crippen molar-refractivity contribution in [3.05, 3.63) is 29.3 Å². The number of aromatic amines is 1. The number of hydrogen-bond acceptors (Lipinski definition) is 17. The fourth-order valence-electron chi connectivity index (χ4n) is 7.10. The molecular weight excluding hydrogens is 654 g/mol. The predicted molar refractivity (Wildman–Crippen MR) is 153 cm³/mol. The Balaban J connectivity index is 1.13. The number of methoxy groups -OCH3 is 1. The van der Waals surface area contributed by atoms with Crippen molar-refractivity contribution in [1.29, 1.82) is 0 Å². The quantitative estimate of drug-likeness (QED) is 0.163. The maximum atomic E-state index is 13.5. The van der Waals surface area contributed by atoms with Crippen LogP contribution in [0.15, 0.2) is 23.8 Å². The van der Waals surface area contributed by atoms with E-state index >= 15 is 0 Å². The molecule has 21 nitrogen and oxygen atoms in total. The summed E-state index contributed by atoms with van der Waals surface area (Å²) in [5.74, 6) is -1.14. The summed E-state index contributed by atoms with van der Waals surface area (Å²) < 4.78 is 64.0.